The van der Waals surface area contributed by atoms with Gasteiger partial charge in [0.1, 0.15) is 0 Å². The van der Waals surface area contributed by atoms with Crippen molar-refractivity contribution in [2.45, 2.75) is 32.2 Å². The largest absolute Gasteiger partial charge is 0.481 e. The summed E-state index contributed by atoms with van der Waals surface area (Å²) in [6.45, 7) is 2.37. The third kappa shape index (κ3) is 3.88. The maximum atomic E-state index is 13.6. The number of carboxylic acids is 1. The summed E-state index contributed by atoms with van der Waals surface area (Å²) in [6.07, 6.45) is -0.522. The number of carbonyl (C=O) groups excluding carboxylic acids is 5. The molecule has 1 spiro atoms. The van der Waals surface area contributed by atoms with Crippen LogP contribution in [0.3, 0.4) is 0 Å². The van der Waals surface area contributed by atoms with E-state index in [1.807, 2.05) is 4.90 Å². The minimum Gasteiger partial charge on any atom is -0.481 e. The van der Waals surface area contributed by atoms with Crippen molar-refractivity contribution >= 4 is 47.0 Å². The average Bonchev–Trinajstić information content (AvgIpc) is 2.83. The Morgan fingerprint density at radius 3 is 2.31 bits per heavy atom. The van der Waals surface area contributed by atoms with Gasteiger partial charge in [0.15, 0.2) is 5.41 Å². The molecule has 0 radical (unpaired) electrons. The van der Waals surface area contributed by atoms with Crippen molar-refractivity contribution in [2.75, 3.05) is 43.9 Å². The quantitative estimate of drug-likeness (QED) is 0.572. The van der Waals surface area contributed by atoms with Gasteiger partial charge in [-0.25, -0.2) is 4.79 Å². The first kappa shape index (κ1) is 24.2. The number of imide groups is 2. The summed E-state index contributed by atoms with van der Waals surface area (Å²) < 4.78 is 0. The average molecular weight is 485 g/mol. The molecule has 2 N–H and O–H groups in total. The number of aliphatic carboxylic acids is 1. The molecule has 1 unspecified atom stereocenters. The summed E-state index contributed by atoms with van der Waals surface area (Å²) in [7, 11) is 2.67. The van der Waals surface area contributed by atoms with Gasteiger partial charge in [0.05, 0.1) is 12.5 Å². The number of hydrogen-bond donors (Lipinski definition) is 2. The maximum absolute atomic E-state index is 13.6. The highest BCUT2D eigenvalue weighted by Gasteiger charge is 2.64. The molecule has 1 atom stereocenters. The van der Waals surface area contributed by atoms with E-state index >= 15 is 0 Å². The van der Waals surface area contributed by atoms with Gasteiger partial charge in [-0.3, -0.25) is 33.8 Å². The fourth-order valence-corrected chi connectivity index (χ4v) is 5.25. The first-order chi connectivity index (χ1) is 16.5. The Bertz CT molecular complexity index is 1130. The van der Waals surface area contributed by atoms with E-state index < -0.39 is 41.2 Å². The molecule has 12 nitrogen and oxygen atoms in total. The van der Waals surface area contributed by atoms with Gasteiger partial charge in [-0.15, -0.1) is 0 Å². The lowest BCUT2D eigenvalue weighted by Gasteiger charge is -2.56. The molecule has 2 saturated heterocycles. The highest BCUT2D eigenvalue weighted by atomic mass is 16.4. The number of rotatable bonds is 4. The molecule has 12 heteroatoms. The predicted octanol–water partition coefficient (Wildman–Crippen LogP) is 0.120. The van der Waals surface area contributed by atoms with Gasteiger partial charge >= 0.3 is 12.0 Å². The number of fused-ring (bicyclic) bond motifs is 4. The number of amides is 6. The minimum atomic E-state index is -1.63. The second kappa shape index (κ2) is 8.67. The Morgan fingerprint density at radius 1 is 1.06 bits per heavy atom. The zero-order valence-electron chi connectivity index (χ0n) is 19.7. The Morgan fingerprint density at radius 2 is 1.71 bits per heavy atom. The fraction of sp³-hybridized carbons (Fsp3) is 0.478. The molecule has 1 aromatic rings. The zero-order valence-corrected chi connectivity index (χ0v) is 19.7. The molecule has 0 aliphatic carbocycles. The van der Waals surface area contributed by atoms with Crippen LogP contribution in [0.1, 0.15) is 25.3 Å². The highest BCUT2D eigenvalue weighted by Crippen LogP contribution is 2.47. The van der Waals surface area contributed by atoms with Crippen LogP contribution in [0.25, 0.3) is 0 Å². The zero-order chi connectivity index (χ0) is 25.7. The van der Waals surface area contributed by atoms with Crippen LogP contribution in [0.5, 0.6) is 0 Å². The lowest BCUT2D eigenvalue weighted by molar-refractivity contribution is -0.161. The third-order valence-electron chi connectivity index (χ3n) is 7.05. The van der Waals surface area contributed by atoms with Crippen molar-refractivity contribution in [2.24, 2.45) is 5.41 Å². The van der Waals surface area contributed by atoms with Crippen LogP contribution in [0.15, 0.2) is 18.2 Å². The van der Waals surface area contributed by atoms with Crippen LogP contribution in [-0.4, -0.2) is 95.2 Å². The molecule has 3 aliphatic heterocycles. The van der Waals surface area contributed by atoms with E-state index in [0.717, 1.165) is 15.5 Å². The molecule has 4 rings (SSSR count). The second-order valence-corrected chi connectivity index (χ2v) is 9.12. The molecule has 0 saturated carbocycles. The van der Waals surface area contributed by atoms with E-state index in [0.29, 0.717) is 24.3 Å². The van der Waals surface area contributed by atoms with Gasteiger partial charge in [-0.1, -0.05) is 0 Å². The topological polar surface area (TPSA) is 148 Å². The lowest BCUT2D eigenvalue weighted by atomic mass is 9.67. The number of hydrogen-bond acceptors (Lipinski definition) is 7. The summed E-state index contributed by atoms with van der Waals surface area (Å²) in [6, 6.07) is 3.72. The monoisotopic (exact) mass is 485 g/mol. The number of carboxylic acid groups (broad SMARTS) is 1. The molecular weight excluding hydrogens is 458 g/mol. The minimum absolute atomic E-state index is 0.0201. The van der Waals surface area contributed by atoms with Crippen LogP contribution in [-0.2, 0) is 30.4 Å². The Balaban J connectivity index is 1.76. The summed E-state index contributed by atoms with van der Waals surface area (Å²) in [5.41, 5.74) is 0.176. The first-order valence-corrected chi connectivity index (χ1v) is 11.2. The number of piperazine rings is 1. The van der Waals surface area contributed by atoms with Crippen LogP contribution in [0.4, 0.5) is 16.2 Å². The SMILES string of the molecule is CC(=O)N1CCN2c3ccc(NC(=O)CCC(=O)O)cc3CC3(C(=O)N(C)C(=O)N(C)C3=O)C2C1. The molecule has 6 amide bonds. The summed E-state index contributed by atoms with van der Waals surface area (Å²) in [4.78, 5) is 80.2. The highest BCUT2D eigenvalue weighted by molar-refractivity contribution is 6.20. The molecule has 35 heavy (non-hydrogen) atoms. The molecule has 1 aromatic carbocycles. The number of nitrogens with zero attached hydrogens (tertiary/aromatic N) is 4. The Labute approximate surface area is 201 Å². The van der Waals surface area contributed by atoms with Crippen molar-refractivity contribution in [3.05, 3.63) is 23.8 Å². The summed E-state index contributed by atoms with van der Waals surface area (Å²) in [5.74, 6) is -2.99. The van der Waals surface area contributed by atoms with E-state index in [1.165, 1.54) is 21.0 Å². The lowest BCUT2D eigenvalue weighted by Crippen LogP contribution is -2.74. The van der Waals surface area contributed by atoms with Crippen molar-refractivity contribution in [3.8, 4) is 0 Å². The standard InChI is InChI=1S/C23H27N5O7/c1-13(29)27-8-9-28-16-5-4-15(24-18(30)6-7-19(31)32)10-14(16)11-23(17(28)12-27)20(33)25(2)22(35)26(3)21(23)34/h4-5,10,17H,6-9,11-12H2,1-3H3,(H,24,30)(H,31,32). The van der Waals surface area contributed by atoms with Gasteiger partial charge < -0.3 is 20.2 Å². The number of carbonyl (C=O) groups is 6. The molecule has 0 aromatic heterocycles. The van der Waals surface area contributed by atoms with E-state index in [1.54, 1.807) is 23.1 Å². The van der Waals surface area contributed by atoms with Crippen molar-refractivity contribution in [3.63, 3.8) is 0 Å². The van der Waals surface area contributed by atoms with Crippen molar-refractivity contribution in [1.82, 2.24) is 14.7 Å². The third-order valence-corrected chi connectivity index (χ3v) is 7.05. The number of nitrogens with one attached hydrogen (secondary N) is 1. The number of barbiturate groups is 1. The molecule has 2 fully saturated rings. The smallest absolute Gasteiger partial charge is 0.332 e. The number of benzene rings is 1. The molecular formula is C23H27N5O7. The number of urea groups is 1. The second-order valence-electron chi connectivity index (χ2n) is 9.12. The van der Waals surface area contributed by atoms with E-state index in [9.17, 15) is 28.8 Å². The van der Waals surface area contributed by atoms with Gasteiger partial charge in [-0.2, -0.15) is 0 Å². The van der Waals surface area contributed by atoms with Crippen LogP contribution >= 0.6 is 0 Å². The van der Waals surface area contributed by atoms with Crippen molar-refractivity contribution in [1.29, 1.82) is 0 Å². The molecule has 186 valence electrons. The van der Waals surface area contributed by atoms with Crippen molar-refractivity contribution < 1.29 is 33.9 Å². The Kier molecular flexibility index (Phi) is 5.99. The van der Waals surface area contributed by atoms with Gasteiger partial charge in [0.2, 0.25) is 23.6 Å². The van der Waals surface area contributed by atoms with E-state index in [4.69, 9.17) is 5.11 Å². The maximum Gasteiger partial charge on any atom is 0.332 e. The predicted molar refractivity (Wildman–Crippen MR) is 122 cm³/mol. The van der Waals surface area contributed by atoms with Gasteiger partial charge in [0.25, 0.3) is 0 Å². The molecule has 0 bridgehead atoms. The van der Waals surface area contributed by atoms with Gasteiger partial charge in [-0.05, 0) is 30.2 Å². The first-order valence-electron chi connectivity index (χ1n) is 11.2. The summed E-state index contributed by atoms with van der Waals surface area (Å²) >= 11 is 0. The molecule has 3 heterocycles. The summed E-state index contributed by atoms with van der Waals surface area (Å²) in [5, 5.41) is 11.5. The fourth-order valence-electron chi connectivity index (χ4n) is 5.25. The van der Waals surface area contributed by atoms with E-state index in [2.05, 4.69) is 5.32 Å². The van der Waals surface area contributed by atoms with Gasteiger partial charge in [0, 0.05) is 58.4 Å². The normalized spacial score (nSPS) is 21.1. The van der Waals surface area contributed by atoms with Crippen LogP contribution in [0.2, 0.25) is 0 Å². The van der Waals surface area contributed by atoms with E-state index in [-0.39, 0.29) is 31.7 Å². The molecule has 3 aliphatic rings. The number of anilines is 2. The van der Waals surface area contributed by atoms with Crippen LogP contribution < -0.4 is 10.2 Å². The Hall–Kier alpha value is -3.96. The van der Waals surface area contributed by atoms with Crippen LogP contribution in [0, 0.1) is 5.41 Å².